The van der Waals surface area contributed by atoms with Gasteiger partial charge in [0.15, 0.2) is 6.61 Å². The lowest BCUT2D eigenvalue weighted by atomic mass is 10.1. The number of ether oxygens (including phenoxy) is 1. The maximum atomic E-state index is 11.8. The van der Waals surface area contributed by atoms with Crippen molar-refractivity contribution in [3.05, 3.63) is 64.2 Å². The Bertz CT molecular complexity index is 798. The lowest BCUT2D eigenvalue weighted by Gasteiger charge is -2.09. The largest absolute Gasteiger partial charge is 0.484 e. The van der Waals surface area contributed by atoms with Gasteiger partial charge in [0.1, 0.15) is 5.75 Å². The fourth-order valence-electron chi connectivity index (χ4n) is 1.79. The minimum atomic E-state index is -0.510. The predicted molar refractivity (Wildman–Crippen MR) is 88.4 cm³/mol. The second kappa shape index (κ2) is 7.99. The summed E-state index contributed by atoms with van der Waals surface area (Å²) in [6, 6.07) is 13.0. The molecule has 0 aromatic heterocycles. The molecule has 122 valence electrons. The Morgan fingerprint density at radius 2 is 1.88 bits per heavy atom. The summed E-state index contributed by atoms with van der Waals surface area (Å²) in [5.74, 6) is -0.495. The molecule has 0 aliphatic rings. The zero-order valence-corrected chi connectivity index (χ0v) is 13.6. The van der Waals surface area contributed by atoms with E-state index in [1.165, 1.54) is 24.3 Å². The van der Waals surface area contributed by atoms with E-state index in [-0.39, 0.29) is 6.61 Å². The standard InChI is InChI=1S/C17H14ClN3O3/c1-11-8-14(6-7-15(11)18)24-10-16(22)20-21-17(23)13-4-2-12(9-19)3-5-13/h2-8H,10H2,1H3,(H,20,22)(H,21,23). The first-order valence-corrected chi connectivity index (χ1v) is 7.35. The summed E-state index contributed by atoms with van der Waals surface area (Å²) in [4.78, 5) is 23.5. The van der Waals surface area contributed by atoms with Crippen molar-refractivity contribution < 1.29 is 14.3 Å². The molecule has 0 unspecified atom stereocenters. The Morgan fingerprint density at radius 3 is 2.50 bits per heavy atom. The van der Waals surface area contributed by atoms with Crippen molar-refractivity contribution in [3.63, 3.8) is 0 Å². The van der Waals surface area contributed by atoms with Crippen LogP contribution in [0.25, 0.3) is 0 Å². The molecule has 0 bridgehead atoms. The van der Waals surface area contributed by atoms with Crippen LogP contribution in [0.4, 0.5) is 0 Å². The average Bonchev–Trinajstić information content (AvgIpc) is 2.60. The van der Waals surface area contributed by atoms with Crippen LogP contribution >= 0.6 is 11.6 Å². The lowest BCUT2D eigenvalue weighted by molar-refractivity contribution is -0.123. The summed E-state index contributed by atoms with van der Waals surface area (Å²) in [7, 11) is 0. The number of carbonyl (C=O) groups is 2. The molecule has 0 saturated heterocycles. The fourth-order valence-corrected chi connectivity index (χ4v) is 1.90. The Hall–Kier alpha value is -3.04. The first-order valence-electron chi connectivity index (χ1n) is 6.98. The molecule has 2 aromatic carbocycles. The van der Waals surface area contributed by atoms with E-state index in [0.29, 0.717) is 21.9 Å². The van der Waals surface area contributed by atoms with Gasteiger partial charge in [-0.15, -0.1) is 0 Å². The molecule has 0 saturated carbocycles. The third-order valence-electron chi connectivity index (χ3n) is 3.09. The highest BCUT2D eigenvalue weighted by Gasteiger charge is 2.08. The SMILES string of the molecule is Cc1cc(OCC(=O)NNC(=O)c2ccc(C#N)cc2)ccc1Cl. The van der Waals surface area contributed by atoms with Gasteiger partial charge in [-0.1, -0.05) is 11.6 Å². The van der Waals surface area contributed by atoms with Crippen molar-refractivity contribution in [2.75, 3.05) is 6.61 Å². The van der Waals surface area contributed by atoms with Gasteiger partial charge in [0.2, 0.25) is 0 Å². The van der Waals surface area contributed by atoms with Gasteiger partial charge in [-0.05, 0) is 55.0 Å². The molecule has 0 atom stereocenters. The molecule has 0 aliphatic heterocycles. The van der Waals surface area contributed by atoms with Crippen molar-refractivity contribution in [2.24, 2.45) is 0 Å². The van der Waals surface area contributed by atoms with Crippen LogP contribution in [0.5, 0.6) is 5.75 Å². The first-order chi connectivity index (χ1) is 11.5. The molecule has 2 aromatic rings. The molecular weight excluding hydrogens is 330 g/mol. The van der Waals surface area contributed by atoms with Crippen molar-refractivity contribution in [1.29, 1.82) is 5.26 Å². The number of hydrogen-bond donors (Lipinski definition) is 2. The van der Waals surface area contributed by atoms with Gasteiger partial charge in [-0.25, -0.2) is 0 Å². The normalized spacial score (nSPS) is 9.71. The smallest absolute Gasteiger partial charge is 0.276 e. The summed E-state index contributed by atoms with van der Waals surface area (Å²) in [6.45, 7) is 1.57. The van der Waals surface area contributed by atoms with Crippen LogP contribution in [0.1, 0.15) is 21.5 Å². The molecule has 6 nitrogen and oxygen atoms in total. The van der Waals surface area contributed by atoms with E-state index in [4.69, 9.17) is 21.6 Å². The van der Waals surface area contributed by atoms with Gasteiger partial charge in [-0.2, -0.15) is 5.26 Å². The maximum absolute atomic E-state index is 11.8. The summed E-state index contributed by atoms with van der Waals surface area (Å²) < 4.78 is 5.31. The van der Waals surface area contributed by atoms with Gasteiger partial charge >= 0.3 is 0 Å². The van der Waals surface area contributed by atoms with Gasteiger partial charge in [0.25, 0.3) is 11.8 Å². The number of carbonyl (C=O) groups excluding carboxylic acids is 2. The van der Waals surface area contributed by atoms with Crippen LogP contribution in [-0.2, 0) is 4.79 Å². The number of rotatable bonds is 4. The predicted octanol–water partition coefficient (Wildman–Crippen LogP) is 2.36. The van der Waals surface area contributed by atoms with Crippen LogP contribution in [-0.4, -0.2) is 18.4 Å². The van der Waals surface area contributed by atoms with E-state index in [1.807, 2.05) is 13.0 Å². The summed E-state index contributed by atoms with van der Waals surface area (Å²) in [6.07, 6.45) is 0. The molecule has 7 heteroatoms. The zero-order valence-electron chi connectivity index (χ0n) is 12.8. The van der Waals surface area contributed by atoms with Gasteiger partial charge in [0.05, 0.1) is 11.6 Å². The number of hydrogen-bond acceptors (Lipinski definition) is 4. The van der Waals surface area contributed by atoms with Crippen molar-refractivity contribution in [2.45, 2.75) is 6.92 Å². The number of halogens is 1. The Balaban J connectivity index is 1.80. The minimum absolute atomic E-state index is 0.255. The highest BCUT2D eigenvalue weighted by atomic mass is 35.5. The molecule has 2 N–H and O–H groups in total. The van der Waals surface area contributed by atoms with Crippen molar-refractivity contribution in [3.8, 4) is 11.8 Å². The van der Waals surface area contributed by atoms with Gasteiger partial charge in [0, 0.05) is 10.6 Å². The maximum Gasteiger partial charge on any atom is 0.276 e. The highest BCUT2D eigenvalue weighted by molar-refractivity contribution is 6.31. The van der Waals surface area contributed by atoms with E-state index >= 15 is 0 Å². The Labute approximate surface area is 144 Å². The van der Waals surface area contributed by atoms with E-state index in [1.54, 1.807) is 18.2 Å². The molecule has 0 aliphatic carbocycles. The minimum Gasteiger partial charge on any atom is -0.484 e. The number of benzene rings is 2. The fraction of sp³-hybridized carbons (Fsp3) is 0.118. The lowest BCUT2D eigenvalue weighted by Crippen LogP contribution is -2.43. The second-order valence-corrected chi connectivity index (χ2v) is 5.30. The number of nitrogens with zero attached hydrogens (tertiary/aromatic N) is 1. The molecule has 0 spiro atoms. The van der Waals surface area contributed by atoms with Crippen LogP contribution in [0.2, 0.25) is 5.02 Å². The monoisotopic (exact) mass is 343 g/mol. The number of aryl methyl sites for hydroxylation is 1. The summed E-state index contributed by atoms with van der Waals surface area (Å²) in [5.41, 5.74) is 6.13. The Kier molecular flexibility index (Phi) is 5.77. The zero-order chi connectivity index (χ0) is 17.5. The van der Waals surface area contributed by atoms with Crippen molar-refractivity contribution in [1.82, 2.24) is 10.9 Å². The highest BCUT2D eigenvalue weighted by Crippen LogP contribution is 2.20. The number of amides is 2. The topological polar surface area (TPSA) is 91.2 Å². The molecule has 2 rings (SSSR count). The molecule has 0 radical (unpaired) electrons. The van der Waals surface area contributed by atoms with Crippen LogP contribution in [0.15, 0.2) is 42.5 Å². The first kappa shape index (κ1) is 17.3. The van der Waals surface area contributed by atoms with Crippen molar-refractivity contribution >= 4 is 23.4 Å². The molecular formula is C17H14ClN3O3. The average molecular weight is 344 g/mol. The molecule has 2 amide bonds. The van der Waals surface area contributed by atoms with Crippen LogP contribution in [0.3, 0.4) is 0 Å². The van der Waals surface area contributed by atoms with Crippen LogP contribution in [0, 0.1) is 18.3 Å². The van der Waals surface area contributed by atoms with Gasteiger partial charge in [-0.3, -0.25) is 20.4 Å². The number of nitriles is 1. The van der Waals surface area contributed by atoms with E-state index in [2.05, 4.69) is 10.9 Å². The Morgan fingerprint density at radius 1 is 1.17 bits per heavy atom. The third-order valence-corrected chi connectivity index (χ3v) is 3.52. The number of nitrogens with one attached hydrogen (secondary N) is 2. The summed E-state index contributed by atoms with van der Waals surface area (Å²) in [5, 5.41) is 9.31. The van der Waals surface area contributed by atoms with E-state index < -0.39 is 11.8 Å². The van der Waals surface area contributed by atoms with Gasteiger partial charge < -0.3 is 4.74 Å². The molecule has 24 heavy (non-hydrogen) atoms. The summed E-state index contributed by atoms with van der Waals surface area (Å²) >= 11 is 5.91. The number of hydrazine groups is 1. The van der Waals surface area contributed by atoms with E-state index in [9.17, 15) is 9.59 Å². The quantitative estimate of drug-likeness (QED) is 0.834. The molecule has 0 fully saturated rings. The van der Waals surface area contributed by atoms with Crippen LogP contribution < -0.4 is 15.6 Å². The molecule has 0 heterocycles. The van der Waals surface area contributed by atoms with E-state index in [0.717, 1.165) is 5.56 Å². The second-order valence-electron chi connectivity index (χ2n) is 4.89. The third kappa shape index (κ3) is 4.73.